The van der Waals surface area contributed by atoms with Gasteiger partial charge >= 0.3 is 0 Å². The molecule has 3 nitrogen and oxygen atoms in total. The van der Waals surface area contributed by atoms with Crippen LogP contribution in [0.25, 0.3) is 0 Å². The van der Waals surface area contributed by atoms with E-state index in [4.69, 9.17) is 5.84 Å². The molecule has 1 unspecified atom stereocenters. The third-order valence-corrected chi connectivity index (χ3v) is 3.17. The normalized spacial score (nSPS) is 12.4. The molecular formula is C13H14BrN3. The van der Waals surface area contributed by atoms with E-state index in [1.54, 1.807) is 0 Å². The number of hydrogen-bond acceptors (Lipinski definition) is 3. The Bertz CT molecular complexity index is 434. The van der Waals surface area contributed by atoms with Crippen LogP contribution in [-0.2, 0) is 0 Å². The average Bonchev–Trinajstić information content (AvgIpc) is 2.35. The summed E-state index contributed by atoms with van der Waals surface area (Å²) in [5.74, 6) is 5.62. The Labute approximate surface area is 109 Å². The van der Waals surface area contributed by atoms with E-state index in [0.717, 1.165) is 21.3 Å². The molecule has 1 aromatic carbocycles. The zero-order chi connectivity index (χ0) is 12.3. The smallest absolute Gasteiger partial charge is 0.0725 e. The maximum Gasteiger partial charge on any atom is 0.0725 e. The molecule has 1 aromatic heterocycles. The second kappa shape index (κ2) is 5.40. The Balaban J connectivity index is 2.33. The fraction of sp³-hybridized carbons (Fsp3) is 0.154. The number of hydrazine groups is 1. The molecule has 0 saturated carbocycles. The molecule has 0 radical (unpaired) electrons. The molecule has 0 bridgehead atoms. The van der Waals surface area contributed by atoms with Crippen LogP contribution >= 0.6 is 15.9 Å². The van der Waals surface area contributed by atoms with Gasteiger partial charge in [-0.3, -0.25) is 10.8 Å². The highest BCUT2D eigenvalue weighted by Gasteiger charge is 2.12. The zero-order valence-corrected chi connectivity index (χ0v) is 11.1. The second-order valence-electron chi connectivity index (χ2n) is 3.88. The molecule has 0 aliphatic rings. The molecule has 3 N–H and O–H groups in total. The molecule has 17 heavy (non-hydrogen) atoms. The van der Waals surface area contributed by atoms with Crippen molar-refractivity contribution in [2.45, 2.75) is 13.0 Å². The van der Waals surface area contributed by atoms with Gasteiger partial charge in [-0.25, -0.2) is 5.43 Å². The van der Waals surface area contributed by atoms with Crippen molar-refractivity contribution in [3.05, 3.63) is 63.9 Å². The molecule has 2 aromatic rings. The number of pyridine rings is 1. The topological polar surface area (TPSA) is 50.9 Å². The van der Waals surface area contributed by atoms with Crippen LogP contribution in [0, 0.1) is 6.92 Å². The molecule has 2 rings (SSSR count). The molecule has 1 heterocycles. The van der Waals surface area contributed by atoms with Crippen LogP contribution in [0.2, 0.25) is 0 Å². The summed E-state index contributed by atoms with van der Waals surface area (Å²) in [7, 11) is 0. The number of halogens is 1. The van der Waals surface area contributed by atoms with Crippen molar-refractivity contribution in [2.75, 3.05) is 0 Å². The number of nitrogens with one attached hydrogen (secondary N) is 1. The number of rotatable bonds is 3. The van der Waals surface area contributed by atoms with Gasteiger partial charge in [0.25, 0.3) is 0 Å². The van der Waals surface area contributed by atoms with E-state index in [1.807, 2.05) is 49.5 Å². The predicted molar refractivity (Wildman–Crippen MR) is 72.3 cm³/mol. The van der Waals surface area contributed by atoms with Gasteiger partial charge in [0.1, 0.15) is 0 Å². The first-order valence-corrected chi connectivity index (χ1v) is 6.14. The average molecular weight is 292 g/mol. The molecule has 0 saturated heterocycles. The third-order valence-electron chi connectivity index (χ3n) is 2.64. The molecular weight excluding hydrogens is 278 g/mol. The van der Waals surface area contributed by atoms with Crippen molar-refractivity contribution >= 4 is 15.9 Å². The Morgan fingerprint density at radius 3 is 2.29 bits per heavy atom. The van der Waals surface area contributed by atoms with Crippen LogP contribution in [-0.4, -0.2) is 4.98 Å². The van der Waals surface area contributed by atoms with Crippen LogP contribution in [0.15, 0.2) is 47.1 Å². The molecule has 4 heteroatoms. The minimum absolute atomic E-state index is 0.0313. The lowest BCUT2D eigenvalue weighted by Gasteiger charge is -2.16. The Morgan fingerprint density at radius 1 is 1.12 bits per heavy atom. The number of benzene rings is 1. The minimum Gasteiger partial charge on any atom is -0.271 e. The van der Waals surface area contributed by atoms with Gasteiger partial charge in [0.2, 0.25) is 0 Å². The molecule has 0 aliphatic heterocycles. The fourth-order valence-corrected chi connectivity index (χ4v) is 1.95. The molecule has 0 aliphatic carbocycles. The van der Waals surface area contributed by atoms with Gasteiger partial charge in [-0.15, -0.1) is 0 Å². The van der Waals surface area contributed by atoms with Gasteiger partial charge in [0, 0.05) is 16.4 Å². The summed E-state index contributed by atoms with van der Waals surface area (Å²) in [6.45, 7) is 1.97. The highest BCUT2D eigenvalue weighted by atomic mass is 79.9. The van der Waals surface area contributed by atoms with Crippen molar-refractivity contribution in [1.29, 1.82) is 0 Å². The lowest BCUT2D eigenvalue weighted by atomic mass is 10.0. The first-order valence-electron chi connectivity index (χ1n) is 5.35. The highest BCUT2D eigenvalue weighted by molar-refractivity contribution is 9.10. The van der Waals surface area contributed by atoms with E-state index in [-0.39, 0.29) is 6.04 Å². The summed E-state index contributed by atoms with van der Waals surface area (Å²) in [4.78, 5) is 4.29. The lowest BCUT2D eigenvalue weighted by molar-refractivity contribution is 0.634. The lowest BCUT2D eigenvalue weighted by Crippen LogP contribution is -2.28. The number of hydrogen-bond donors (Lipinski definition) is 2. The summed E-state index contributed by atoms with van der Waals surface area (Å²) < 4.78 is 1.05. The summed E-state index contributed by atoms with van der Waals surface area (Å²) in [5.41, 5.74) is 5.99. The van der Waals surface area contributed by atoms with Crippen molar-refractivity contribution in [3.63, 3.8) is 0 Å². The van der Waals surface area contributed by atoms with Crippen molar-refractivity contribution < 1.29 is 0 Å². The first kappa shape index (κ1) is 12.2. The van der Waals surface area contributed by atoms with E-state index < -0.39 is 0 Å². The van der Waals surface area contributed by atoms with E-state index in [1.165, 1.54) is 0 Å². The Kier molecular flexibility index (Phi) is 3.89. The van der Waals surface area contributed by atoms with Crippen molar-refractivity contribution in [2.24, 2.45) is 5.84 Å². The summed E-state index contributed by atoms with van der Waals surface area (Å²) in [6, 6.07) is 12.1. The SMILES string of the molecule is Cc1ccc(C(NN)c2ccc(Br)cc2)cn1. The summed E-state index contributed by atoms with van der Waals surface area (Å²) in [6.07, 6.45) is 1.85. The van der Waals surface area contributed by atoms with Gasteiger partial charge < -0.3 is 0 Å². The Morgan fingerprint density at radius 2 is 1.76 bits per heavy atom. The molecule has 0 fully saturated rings. The number of aromatic nitrogens is 1. The van der Waals surface area contributed by atoms with Gasteiger partial charge in [0.15, 0.2) is 0 Å². The van der Waals surface area contributed by atoms with Crippen LogP contribution < -0.4 is 11.3 Å². The highest BCUT2D eigenvalue weighted by Crippen LogP contribution is 2.22. The van der Waals surface area contributed by atoms with Crippen molar-refractivity contribution in [3.8, 4) is 0 Å². The van der Waals surface area contributed by atoms with E-state index in [0.29, 0.717) is 0 Å². The van der Waals surface area contributed by atoms with E-state index >= 15 is 0 Å². The molecule has 1 atom stereocenters. The van der Waals surface area contributed by atoms with Gasteiger partial charge in [-0.1, -0.05) is 34.1 Å². The fourth-order valence-electron chi connectivity index (χ4n) is 1.69. The molecule has 0 amide bonds. The summed E-state index contributed by atoms with van der Waals surface area (Å²) >= 11 is 3.42. The number of nitrogens with zero attached hydrogens (tertiary/aromatic N) is 1. The maximum atomic E-state index is 5.62. The zero-order valence-electron chi connectivity index (χ0n) is 9.52. The van der Waals surface area contributed by atoms with Crippen LogP contribution in [0.4, 0.5) is 0 Å². The predicted octanol–water partition coefficient (Wildman–Crippen LogP) is 2.71. The Hall–Kier alpha value is -1.23. The van der Waals surface area contributed by atoms with Gasteiger partial charge in [0.05, 0.1) is 6.04 Å². The van der Waals surface area contributed by atoms with E-state index in [2.05, 4.69) is 26.3 Å². The second-order valence-corrected chi connectivity index (χ2v) is 4.80. The minimum atomic E-state index is -0.0313. The van der Waals surface area contributed by atoms with E-state index in [9.17, 15) is 0 Å². The number of nitrogens with two attached hydrogens (primary N) is 1. The van der Waals surface area contributed by atoms with Gasteiger partial charge in [-0.05, 0) is 36.2 Å². The monoisotopic (exact) mass is 291 g/mol. The largest absolute Gasteiger partial charge is 0.271 e. The third kappa shape index (κ3) is 2.91. The van der Waals surface area contributed by atoms with Crippen LogP contribution in [0.1, 0.15) is 22.9 Å². The summed E-state index contributed by atoms with van der Waals surface area (Å²) in [5, 5.41) is 0. The standard InChI is InChI=1S/C13H14BrN3/c1-9-2-3-11(8-16-9)13(17-15)10-4-6-12(14)7-5-10/h2-8,13,17H,15H2,1H3. The molecule has 88 valence electrons. The molecule has 0 spiro atoms. The quantitative estimate of drug-likeness (QED) is 0.675. The van der Waals surface area contributed by atoms with Crippen LogP contribution in [0.5, 0.6) is 0 Å². The van der Waals surface area contributed by atoms with Gasteiger partial charge in [-0.2, -0.15) is 0 Å². The van der Waals surface area contributed by atoms with Crippen molar-refractivity contribution in [1.82, 2.24) is 10.4 Å². The number of aryl methyl sites for hydroxylation is 1. The van der Waals surface area contributed by atoms with Crippen LogP contribution in [0.3, 0.4) is 0 Å². The maximum absolute atomic E-state index is 5.62. The first-order chi connectivity index (χ1) is 8.20.